The van der Waals surface area contributed by atoms with E-state index in [0.717, 1.165) is 21.3 Å². The number of carbonyl (C=O) groups is 1. The van der Waals surface area contributed by atoms with Crippen molar-refractivity contribution in [3.05, 3.63) is 57.2 Å². The van der Waals surface area contributed by atoms with Crippen molar-refractivity contribution in [2.45, 2.75) is 46.8 Å². The molecule has 0 unspecified atom stereocenters. The van der Waals surface area contributed by atoms with Crippen LogP contribution in [0.1, 0.15) is 37.9 Å². The van der Waals surface area contributed by atoms with Gasteiger partial charge in [0.1, 0.15) is 5.75 Å². The fraction of sp³-hybridized carbons (Fsp3) is 0.333. The highest BCUT2D eigenvalue weighted by Crippen LogP contribution is 2.25. The van der Waals surface area contributed by atoms with Crippen LogP contribution in [0.4, 0.5) is 5.69 Å². The van der Waals surface area contributed by atoms with E-state index in [1.807, 2.05) is 64.1 Å². The van der Waals surface area contributed by atoms with E-state index in [4.69, 9.17) is 4.74 Å². The molecule has 0 aliphatic rings. The van der Waals surface area contributed by atoms with Crippen LogP contribution in [-0.2, 0) is 4.79 Å². The number of aromatic nitrogens is 1. The number of benzene rings is 2. The zero-order valence-corrected chi connectivity index (χ0v) is 17.0. The molecule has 5 nitrogen and oxygen atoms in total. The molecule has 1 N–H and O–H groups in total. The predicted octanol–water partition coefficient (Wildman–Crippen LogP) is 4.67. The van der Waals surface area contributed by atoms with Gasteiger partial charge in [0.15, 0.2) is 6.10 Å². The Hall–Kier alpha value is -2.60. The van der Waals surface area contributed by atoms with Crippen molar-refractivity contribution in [1.82, 2.24) is 4.57 Å². The van der Waals surface area contributed by atoms with Crippen LogP contribution >= 0.6 is 11.3 Å². The Morgan fingerprint density at radius 3 is 2.52 bits per heavy atom. The minimum Gasteiger partial charge on any atom is -0.481 e. The van der Waals surface area contributed by atoms with Gasteiger partial charge in [-0.25, -0.2) is 0 Å². The largest absolute Gasteiger partial charge is 0.481 e. The summed E-state index contributed by atoms with van der Waals surface area (Å²) in [4.78, 5) is 24.7. The molecule has 0 saturated carbocycles. The van der Waals surface area contributed by atoms with Gasteiger partial charge >= 0.3 is 4.87 Å². The van der Waals surface area contributed by atoms with E-state index in [0.29, 0.717) is 11.4 Å². The molecule has 2 aromatic carbocycles. The van der Waals surface area contributed by atoms with E-state index in [9.17, 15) is 9.59 Å². The molecule has 1 atom stereocenters. The first kappa shape index (κ1) is 19.2. The fourth-order valence-corrected chi connectivity index (χ4v) is 4.08. The van der Waals surface area contributed by atoms with Crippen LogP contribution in [-0.4, -0.2) is 16.6 Å². The van der Waals surface area contributed by atoms with Crippen molar-refractivity contribution in [2.75, 3.05) is 5.32 Å². The Morgan fingerprint density at radius 1 is 1.11 bits per heavy atom. The first-order valence-electron chi connectivity index (χ1n) is 8.96. The molecule has 0 radical (unpaired) electrons. The van der Waals surface area contributed by atoms with Crippen molar-refractivity contribution >= 4 is 33.1 Å². The fourth-order valence-electron chi connectivity index (χ4n) is 3.02. The van der Waals surface area contributed by atoms with Gasteiger partial charge in [0.2, 0.25) is 0 Å². The molecule has 142 valence electrons. The molecule has 3 aromatic rings. The number of aryl methyl sites for hydroxylation is 2. The summed E-state index contributed by atoms with van der Waals surface area (Å²) in [5.74, 6) is 0.468. The highest BCUT2D eigenvalue weighted by molar-refractivity contribution is 7.16. The number of thiazole rings is 1. The van der Waals surface area contributed by atoms with Crippen LogP contribution in [0.3, 0.4) is 0 Å². The highest BCUT2D eigenvalue weighted by atomic mass is 32.1. The van der Waals surface area contributed by atoms with Gasteiger partial charge in [-0.15, -0.1) is 0 Å². The zero-order valence-electron chi connectivity index (χ0n) is 16.2. The van der Waals surface area contributed by atoms with E-state index in [1.165, 1.54) is 11.3 Å². The first-order valence-corrected chi connectivity index (χ1v) is 9.78. The summed E-state index contributed by atoms with van der Waals surface area (Å²) in [6, 6.07) is 11.5. The summed E-state index contributed by atoms with van der Waals surface area (Å²) < 4.78 is 8.43. The number of amides is 1. The second-order valence-corrected chi connectivity index (χ2v) is 8.03. The lowest BCUT2D eigenvalue weighted by Crippen LogP contribution is -2.30. The van der Waals surface area contributed by atoms with Crippen molar-refractivity contribution < 1.29 is 9.53 Å². The van der Waals surface area contributed by atoms with Gasteiger partial charge in [-0.05, 0) is 64.4 Å². The molecule has 0 aliphatic heterocycles. The number of nitrogens with one attached hydrogen (secondary N) is 1. The van der Waals surface area contributed by atoms with Crippen LogP contribution < -0.4 is 14.9 Å². The molecule has 27 heavy (non-hydrogen) atoms. The van der Waals surface area contributed by atoms with Crippen molar-refractivity contribution in [3.8, 4) is 5.75 Å². The van der Waals surface area contributed by atoms with E-state index in [-0.39, 0.29) is 16.8 Å². The lowest BCUT2D eigenvalue weighted by molar-refractivity contribution is -0.122. The third-order valence-corrected chi connectivity index (χ3v) is 5.32. The predicted molar refractivity (Wildman–Crippen MR) is 111 cm³/mol. The monoisotopic (exact) mass is 384 g/mol. The molecule has 0 bridgehead atoms. The minimum atomic E-state index is -0.638. The third-order valence-electron chi connectivity index (χ3n) is 4.40. The number of ether oxygens (including phenoxy) is 1. The Bertz CT molecular complexity index is 1050. The molecule has 1 heterocycles. The lowest BCUT2D eigenvalue weighted by Gasteiger charge is -2.16. The normalized spacial score (nSPS) is 12.4. The van der Waals surface area contributed by atoms with Crippen LogP contribution in [0.2, 0.25) is 0 Å². The van der Waals surface area contributed by atoms with Crippen LogP contribution in [0, 0.1) is 13.8 Å². The van der Waals surface area contributed by atoms with Gasteiger partial charge < -0.3 is 10.1 Å². The molecule has 0 spiro atoms. The minimum absolute atomic E-state index is 0.00928. The van der Waals surface area contributed by atoms with Crippen LogP contribution in [0.15, 0.2) is 41.2 Å². The maximum atomic E-state index is 12.5. The SMILES string of the molecule is Cc1ccc(O[C@H](C)C(=O)Nc2ccc3c(c2)sc(=O)n3C(C)C)c(C)c1. The lowest BCUT2D eigenvalue weighted by atomic mass is 10.1. The van der Waals surface area contributed by atoms with Crippen molar-refractivity contribution in [2.24, 2.45) is 0 Å². The van der Waals surface area contributed by atoms with Crippen LogP contribution in [0.5, 0.6) is 5.75 Å². The Labute approximate surface area is 162 Å². The number of fused-ring (bicyclic) bond motifs is 1. The molecule has 0 fully saturated rings. The topological polar surface area (TPSA) is 60.3 Å². The number of carbonyl (C=O) groups excluding carboxylic acids is 1. The summed E-state index contributed by atoms with van der Waals surface area (Å²) in [5, 5.41) is 2.87. The number of nitrogens with zero attached hydrogens (tertiary/aromatic N) is 1. The second-order valence-electron chi connectivity index (χ2n) is 7.03. The van der Waals surface area contributed by atoms with Crippen LogP contribution in [0.25, 0.3) is 10.2 Å². The average Bonchev–Trinajstić information content (AvgIpc) is 2.92. The molecular formula is C21H24N2O3S. The first-order chi connectivity index (χ1) is 12.8. The van der Waals surface area contributed by atoms with Gasteiger partial charge in [-0.1, -0.05) is 29.0 Å². The van der Waals surface area contributed by atoms with Crippen molar-refractivity contribution in [3.63, 3.8) is 0 Å². The Morgan fingerprint density at radius 2 is 1.85 bits per heavy atom. The molecule has 3 rings (SSSR count). The molecule has 0 saturated heterocycles. The smallest absolute Gasteiger partial charge is 0.308 e. The van der Waals surface area contributed by atoms with E-state index < -0.39 is 6.10 Å². The van der Waals surface area contributed by atoms with Gasteiger partial charge in [0, 0.05) is 11.7 Å². The van der Waals surface area contributed by atoms with E-state index in [1.54, 1.807) is 11.5 Å². The Kier molecular flexibility index (Phi) is 5.37. The number of hydrogen-bond acceptors (Lipinski definition) is 4. The van der Waals surface area contributed by atoms with Gasteiger partial charge in [-0.2, -0.15) is 0 Å². The molecule has 1 amide bonds. The zero-order chi connectivity index (χ0) is 19.7. The quantitative estimate of drug-likeness (QED) is 0.695. The molecule has 0 aliphatic carbocycles. The standard InChI is InChI=1S/C21H24N2O3S/c1-12(2)23-17-8-7-16(11-19(17)27-21(23)25)22-20(24)15(5)26-18-9-6-13(3)10-14(18)4/h6-12,15H,1-5H3,(H,22,24)/t15-/m1/s1. The maximum Gasteiger partial charge on any atom is 0.308 e. The third kappa shape index (κ3) is 4.06. The number of hydrogen-bond donors (Lipinski definition) is 1. The summed E-state index contributed by atoms with van der Waals surface area (Å²) in [5.41, 5.74) is 3.69. The summed E-state index contributed by atoms with van der Waals surface area (Å²) in [7, 11) is 0. The number of rotatable bonds is 5. The Balaban J connectivity index is 1.76. The summed E-state index contributed by atoms with van der Waals surface area (Å²) in [6.07, 6.45) is -0.638. The molecule has 6 heteroatoms. The maximum absolute atomic E-state index is 12.5. The number of anilines is 1. The van der Waals surface area contributed by atoms with Gasteiger partial charge in [-0.3, -0.25) is 14.2 Å². The average molecular weight is 385 g/mol. The molecular weight excluding hydrogens is 360 g/mol. The molecule has 1 aromatic heterocycles. The van der Waals surface area contributed by atoms with Gasteiger partial charge in [0.25, 0.3) is 5.91 Å². The van der Waals surface area contributed by atoms with Gasteiger partial charge in [0.05, 0.1) is 10.2 Å². The van der Waals surface area contributed by atoms with Crippen molar-refractivity contribution in [1.29, 1.82) is 0 Å². The summed E-state index contributed by atoms with van der Waals surface area (Å²) >= 11 is 1.19. The van der Waals surface area contributed by atoms with E-state index >= 15 is 0 Å². The highest BCUT2D eigenvalue weighted by Gasteiger charge is 2.17. The second kappa shape index (κ2) is 7.56. The van der Waals surface area contributed by atoms with E-state index in [2.05, 4.69) is 5.32 Å². The summed E-state index contributed by atoms with van der Waals surface area (Å²) in [6.45, 7) is 9.66.